The average Bonchev–Trinajstić information content (AvgIpc) is 1.63. The van der Waals surface area contributed by atoms with Gasteiger partial charge in [-0.1, -0.05) is 0 Å². The van der Waals surface area contributed by atoms with E-state index in [2.05, 4.69) is 5.73 Å². The molecule has 0 bridgehead atoms. The Balaban J connectivity index is 4.06. The van der Waals surface area contributed by atoms with Gasteiger partial charge in [-0.15, -0.1) is 0 Å². The Morgan fingerprint density at radius 2 is 2.00 bits per heavy atom. The fraction of sp³-hybridized carbons (Fsp3) is 0.500. The maximum atomic E-state index is 10.3. The van der Waals surface area contributed by atoms with Gasteiger partial charge in [0, 0.05) is 7.05 Å². The van der Waals surface area contributed by atoms with Gasteiger partial charge in [0.2, 0.25) is 0 Å². The molecule has 0 atom stereocenters. The minimum atomic E-state index is -3.69. The molecule has 7 heteroatoms. The number of hydrogen-bond acceptors (Lipinski definition) is 3. The number of amides is 2. The molecular weight excluding hydrogens is 146 g/mol. The van der Waals surface area contributed by atoms with Gasteiger partial charge < -0.3 is 5.73 Å². The third-order valence-corrected chi connectivity index (χ3v) is 1.51. The van der Waals surface area contributed by atoms with Crippen LogP contribution in [0.2, 0.25) is 0 Å². The lowest BCUT2D eigenvalue weighted by Gasteiger charge is -1.98. The van der Waals surface area contributed by atoms with Crippen molar-refractivity contribution in [3.63, 3.8) is 0 Å². The maximum absolute atomic E-state index is 10.3. The van der Waals surface area contributed by atoms with Crippen molar-refractivity contribution in [2.45, 2.75) is 0 Å². The number of nitrogens with two attached hydrogens (primary N) is 1. The summed E-state index contributed by atoms with van der Waals surface area (Å²) in [6.45, 7) is 0. The van der Waals surface area contributed by atoms with Crippen LogP contribution in [0.4, 0.5) is 4.79 Å². The molecule has 0 radical (unpaired) electrons. The molecule has 0 spiro atoms. The summed E-state index contributed by atoms with van der Waals surface area (Å²) in [4.78, 5) is 9.87. The molecule has 0 aromatic rings. The molecule has 6 nitrogen and oxygen atoms in total. The number of primary amides is 1. The van der Waals surface area contributed by atoms with Crippen molar-refractivity contribution in [2.75, 3.05) is 7.05 Å². The minimum absolute atomic E-state index is 1.11. The van der Waals surface area contributed by atoms with Gasteiger partial charge in [0.1, 0.15) is 0 Å². The quantitative estimate of drug-likeness (QED) is 0.432. The molecule has 2 amide bonds. The first kappa shape index (κ1) is 8.18. The van der Waals surface area contributed by atoms with Crippen LogP contribution < -0.4 is 15.2 Å². The summed E-state index contributed by atoms with van der Waals surface area (Å²) >= 11 is 0. The number of nitrogens with one attached hydrogen (secondary N) is 2. The summed E-state index contributed by atoms with van der Waals surface area (Å²) in [5, 5.41) is 0. The molecule has 0 aromatic carbocycles. The van der Waals surface area contributed by atoms with Gasteiger partial charge in [-0.2, -0.15) is 8.42 Å². The first-order valence-electron chi connectivity index (χ1n) is 1.98. The van der Waals surface area contributed by atoms with E-state index in [1.807, 2.05) is 4.72 Å². The lowest BCUT2D eigenvalue weighted by Crippen LogP contribution is -2.41. The molecule has 0 heterocycles. The zero-order valence-electron chi connectivity index (χ0n) is 4.71. The first-order valence-corrected chi connectivity index (χ1v) is 3.47. The van der Waals surface area contributed by atoms with E-state index >= 15 is 0 Å². The summed E-state index contributed by atoms with van der Waals surface area (Å²) in [5.41, 5.74) is 4.48. The lowest BCUT2D eigenvalue weighted by molar-refractivity contribution is 0.253. The van der Waals surface area contributed by atoms with Crippen molar-refractivity contribution in [1.29, 1.82) is 0 Å². The Bertz CT molecular complexity index is 195. The summed E-state index contributed by atoms with van der Waals surface area (Å²) in [5.74, 6) is 0. The highest BCUT2D eigenvalue weighted by atomic mass is 32.2. The summed E-state index contributed by atoms with van der Waals surface area (Å²) < 4.78 is 23.9. The van der Waals surface area contributed by atoms with Gasteiger partial charge >= 0.3 is 16.2 Å². The Kier molecular flexibility index (Phi) is 2.41. The van der Waals surface area contributed by atoms with Crippen LogP contribution in [0.5, 0.6) is 0 Å². The second-order valence-electron chi connectivity index (χ2n) is 1.17. The van der Waals surface area contributed by atoms with E-state index in [1.165, 1.54) is 4.72 Å². The predicted octanol–water partition coefficient (Wildman–Crippen LogP) is -1.88. The van der Waals surface area contributed by atoms with E-state index in [4.69, 9.17) is 0 Å². The van der Waals surface area contributed by atoms with E-state index in [-0.39, 0.29) is 0 Å². The van der Waals surface area contributed by atoms with Crippen LogP contribution in [0.3, 0.4) is 0 Å². The molecule has 0 aliphatic heterocycles. The second-order valence-corrected chi connectivity index (χ2v) is 2.79. The van der Waals surface area contributed by atoms with E-state index in [9.17, 15) is 13.2 Å². The Morgan fingerprint density at radius 1 is 1.56 bits per heavy atom. The third-order valence-electron chi connectivity index (χ3n) is 0.504. The lowest BCUT2D eigenvalue weighted by atomic mass is 11.2. The topological polar surface area (TPSA) is 101 Å². The fourth-order valence-corrected chi connectivity index (χ4v) is 0.550. The standard InChI is InChI=1S/C2H7N3O3S/c1-4-9(7,8)5-2(3)6/h4H,1H3,(H3,3,5,6). The van der Waals surface area contributed by atoms with E-state index in [0.29, 0.717) is 0 Å². The average molecular weight is 153 g/mol. The number of urea groups is 1. The molecule has 0 saturated carbocycles. The van der Waals surface area contributed by atoms with Crippen molar-refractivity contribution in [2.24, 2.45) is 5.73 Å². The Hall–Kier alpha value is -0.820. The van der Waals surface area contributed by atoms with Gasteiger partial charge in [-0.05, 0) is 0 Å². The van der Waals surface area contributed by atoms with E-state index < -0.39 is 16.2 Å². The van der Waals surface area contributed by atoms with Gasteiger partial charge in [0.15, 0.2) is 0 Å². The first-order chi connectivity index (χ1) is 3.98. The van der Waals surface area contributed by atoms with Crippen LogP contribution >= 0.6 is 0 Å². The molecule has 0 aliphatic rings. The molecule has 4 N–H and O–H groups in total. The fourth-order valence-electron chi connectivity index (χ4n) is 0.183. The van der Waals surface area contributed by atoms with Crippen LogP contribution in [-0.2, 0) is 10.2 Å². The predicted molar refractivity (Wildman–Crippen MR) is 30.7 cm³/mol. The smallest absolute Gasteiger partial charge is 0.326 e. The molecule has 0 rings (SSSR count). The third kappa shape index (κ3) is 3.74. The largest absolute Gasteiger partial charge is 0.351 e. The Morgan fingerprint density at radius 3 is 2.11 bits per heavy atom. The van der Waals surface area contributed by atoms with Crippen molar-refractivity contribution in [3.8, 4) is 0 Å². The molecule has 0 saturated heterocycles. The second kappa shape index (κ2) is 2.65. The molecular formula is C2H7N3O3S. The van der Waals surface area contributed by atoms with Crippen LogP contribution in [0.1, 0.15) is 0 Å². The van der Waals surface area contributed by atoms with Gasteiger partial charge in [-0.3, -0.25) is 0 Å². The molecule has 0 aliphatic carbocycles. The van der Waals surface area contributed by atoms with Crippen molar-refractivity contribution in [1.82, 2.24) is 9.44 Å². The van der Waals surface area contributed by atoms with Gasteiger partial charge in [-0.25, -0.2) is 14.2 Å². The normalized spacial score (nSPS) is 10.8. The number of rotatable bonds is 2. The summed E-state index contributed by atoms with van der Waals surface area (Å²) in [6, 6.07) is -1.11. The van der Waals surface area contributed by atoms with Gasteiger partial charge in [0.05, 0.1) is 0 Å². The SMILES string of the molecule is CNS(=O)(=O)NC(N)=O. The van der Waals surface area contributed by atoms with Crippen molar-refractivity contribution < 1.29 is 13.2 Å². The monoisotopic (exact) mass is 153 g/mol. The molecule has 0 fully saturated rings. The number of hydrogen-bond donors (Lipinski definition) is 3. The van der Waals surface area contributed by atoms with Crippen LogP contribution in [0.25, 0.3) is 0 Å². The van der Waals surface area contributed by atoms with Crippen LogP contribution in [0, 0.1) is 0 Å². The number of carbonyl (C=O) groups is 1. The Labute approximate surface area is 52.6 Å². The van der Waals surface area contributed by atoms with Gasteiger partial charge in [0.25, 0.3) is 0 Å². The highest BCUT2D eigenvalue weighted by Gasteiger charge is 2.06. The van der Waals surface area contributed by atoms with Crippen molar-refractivity contribution >= 4 is 16.2 Å². The highest BCUT2D eigenvalue weighted by molar-refractivity contribution is 7.88. The zero-order chi connectivity index (χ0) is 7.49. The number of carbonyl (C=O) groups excluding carboxylic acids is 1. The molecule has 9 heavy (non-hydrogen) atoms. The van der Waals surface area contributed by atoms with Crippen molar-refractivity contribution in [3.05, 3.63) is 0 Å². The molecule has 0 unspecified atom stereocenters. The molecule has 0 aromatic heterocycles. The van der Waals surface area contributed by atoms with Crippen LogP contribution in [-0.4, -0.2) is 21.5 Å². The zero-order valence-corrected chi connectivity index (χ0v) is 5.53. The summed E-state index contributed by atoms with van der Waals surface area (Å²) in [6.07, 6.45) is 0. The molecule has 54 valence electrons. The van der Waals surface area contributed by atoms with Crippen LogP contribution in [0.15, 0.2) is 0 Å². The minimum Gasteiger partial charge on any atom is -0.351 e. The van der Waals surface area contributed by atoms with E-state index in [0.717, 1.165) is 7.05 Å². The van der Waals surface area contributed by atoms with E-state index in [1.54, 1.807) is 0 Å². The maximum Gasteiger partial charge on any atom is 0.326 e. The highest BCUT2D eigenvalue weighted by Crippen LogP contribution is 1.69. The summed E-state index contributed by atoms with van der Waals surface area (Å²) in [7, 11) is -2.54.